The number of hydrogen-bond donors (Lipinski definition) is 1. The number of benzene rings is 2. The van der Waals surface area contributed by atoms with Crippen LogP contribution >= 0.6 is 12.2 Å². The van der Waals surface area contributed by atoms with Gasteiger partial charge in [-0.2, -0.15) is 0 Å². The fourth-order valence-electron chi connectivity index (χ4n) is 4.21. The summed E-state index contributed by atoms with van der Waals surface area (Å²) in [5.74, 6) is -0.601. The molecule has 0 unspecified atom stereocenters. The van der Waals surface area contributed by atoms with Crippen molar-refractivity contribution < 1.29 is 8.78 Å². The van der Waals surface area contributed by atoms with Gasteiger partial charge in [0.25, 0.3) is 0 Å². The molecule has 0 aliphatic carbocycles. The van der Waals surface area contributed by atoms with E-state index in [0.717, 1.165) is 17.1 Å². The minimum absolute atomic E-state index is 0.278. The maximum atomic E-state index is 14.7. The van der Waals surface area contributed by atoms with E-state index in [-0.39, 0.29) is 23.7 Å². The second-order valence-electron chi connectivity index (χ2n) is 7.68. The van der Waals surface area contributed by atoms with Crippen molar-refractivity contribution in [2.45, 2.75) is 19.0 Å². The van der Waals surface area contributed by atoms with Crippen LogP contribution in [-0.4, -0.2) is 14.7 Å². The molecule has 1 fully saturated rings. The Labute approximate surface area is 190 Å². The molecule has 0 radical (unpaired) electrons. The average molecular weight is 447 g/mol. The summed E-state index contributed by atoms with van der Waals surface area (Å²) in [5, 5.41) is 3.88. The molecule has 1 aliphatic heterocycles. The summed E-state index contributed by atoms with van der Waals surface area (Å²) in [6.07, 6.45) is 3.57. The summed E-state index contributed by atoms with van der Waals surface area (Å²) in [7, 11) is 0. The van der Waals surface area contributed by atoms with E-state index in [1.807, 2.05) is 46.0 Å². The molecule has 32 heavy (non-hydrogen) atoms. The SMILES string of the molecule is Cc1cc(N2C(=S)N[C@@H](c3ccccn3)[C@H]2c2cccn2-c2ccccc2F)ccc1F. The third-order valence-corrected chi connectivity index (χ3v) is 6.03. The molecular formula is C25H20F2N4S. The topological polar surface area (TPSA) is 33.1 Å². The number of aromatic nitrogens is 2. The van der Waals surface area contributed by atoms with Crippen LogP contribution in [0.2, 0.25) is 0 Å². The lowest BCUT2D eigenvalue weighted by Crippen LogP contribution is -2.30. The molecule has 4 nitrogen and oxygen atoms in total. The molecule has 2 aromatic heterocycles. The Kier molecular flexibility index (Phi) is 5.19. The molecule has 5 rings (SSSR count). The number of aryl methyl sites for hydroxylation is 1. The second kappa shape index (κ2) is 8.16. The highest BCUT2D eigenvalue weighted by Gasteiger charge is 2.42. The minimum Gasteiger partial charge on any atom is -0.351 e. The first-order valence-electron chi connectivity index (χ1n) is 10.2. The predicted octanol–water partition coefficient (Wildman–Crippen LogP) is 5.64. The summed E-state index contributed by atoms with van der Waals surface area (Å²) in [5.41, 5.74) is 3.36. The van der Waals surface area contributed by atoms with Gasteiger partial charge >= 0.3 is 0 Å². The molecule has 0 saturated carbocycles. The van der Waals surface area contributed by atoms with Crippen molar-refractivity contribution >= 4 is 23.0 Å². The zero-order valence-corrected chi connectivity index (χ0v) is 18.1. The van der Waals surface area contributed by atoms with Gasteiger partial charge in [0, 0.05) is 23.8 Å². The molecule has 3 heterocycles. The van der Waals surface area contributed by atoms with Crippen LogP contribution < -0.4 is 10.2 Å². The molecule has 160 valence electrons. The van der Waals surface area contributed by atoms with Gasteiger partial charge in [0.2, 0.25) is 0 Å². The number of pyridine rings is 1. The standard InChI is InChI=1S/C25H20F2N4S/c1-16-15-17(11-12-18(16)26)31-24(23(29-25(31)32)20-8-4-5-13-28-20)22-10-6-14-30(22)21-9-3-2-7-19(21)27/h2-15,23-24H,1H3,(H,29,32)/t23-,24+/m0/s1. The Hall–Kier alpha value is -3.58. The fraction of sp³-hybridized carbons (Fsp3) is 0.120. The van der Waals surface area contributed by atoms with Crippen LogP contribution in [0.25, 0.3) is 5.69 Å². The van der Waals surface area contributed by atoms with Crippen molar-refractivity contribution in [2.24, 2.45) is 0 Å². The summed E-state index contributed by atoms with van der Waals surface area (Å²) in [6.45, 7) is 1.72. The number of thiocarbonyl (C=S) groups is 1. The van der Waals surface area contributed by atoms with Crippen molar-refractivity contribution in [3.63, 3.8) is 0 Å². The van der Waals surface area contributed by atoms with Crippen LogP contribution in [0.3, 0.4) is 0 Å². The van der Waals surface area contributed by atoms with E-state index in [4.69, 9.17) is 12.2 Å². The Morgan fingerprint density at radius 2 is 1.75 bits per heavy atom. The van der Waals surface area contributed by atoms with Crippen molar-refractivity contribution in [1.29, 1.82) is 0 Å². The van der Waals surface area contributed by atoms with Crippen LogP contribution in [0, 0.1) is 18.6 Å². The molecule has 0 amide bonds. The van der Waals surface area contributed by atoms with Crippen molar-refractivity contribution in [3.8, 4) is 5.69 Å². The number of nitrogens with zero attached hydrogens (tertiary/aromatic N) is 3. The Bertz CT molecular complexity index is 1290. The highest BCUT2D eigenvalue weighted by molar-refractivity contribution is 7.80. The Morgan fingerprint density at radius 1 is 0.938 bits per heavy atom. The minimum atomic E-state index is -0.336. The molecule has 7 heteroatoms. The molecule has 2 aromatic carbocycles. The predicted molar refractivity (Wildman–Crippen MR) is 125 cm³/mol. The average Bonchev–Trinajstić information content (AvgIpc) is 3.41. The Balaban J connectivity index is 1.69. The molecule has 1 aliphatic rings. The van der Waals surface area contributed by atoms with E-state index < -0.39 is 0 Å². The molecule has 0 spiro atoms. The first-order valence-corrected chi connectivity index (χ1v) is 10.6. The summed E-state index contributed by atoms with van der Waals surface area (Å²) in [4.78, 5) is 6.50. The van der Waals surface area contributed by atoms with Crippen molar-refractivity contribution in [3.05, 3.63) is 114 Å². The number of anilines is 1. The van der Waals surface area contributed by atoms with Gasteiger partial charge in [-0.05, 0) is 79.3 Å². The highest BCUT2D eigenvalue weighted by Crippen LogP contribution is 2.42. The number of para-hydroxylation sites is 1. The van der Waals surface area contributed by atoms with Crippen molar-refractivity contribution in [2.75, 3.05) is 4.90 Å². The monoisotopic (exact) mass is 446 g/mol. The lowest BCUT2D eigenvalue weighted by molar-refractivity contribution is 0.544. The fourth-order valence-corrected chi connectivity index (χ4v) is 4.56. The number of nitrogens with one attached hydrogen (secondary N) is 1. The van der Waals surface area contributed by atoms with Crippen LogP contribution in [0.15, 0.2) is 85.2 Å². The number of rotatable bonds is 4. The van der Waals surface area contributed by atoms with Gasteiger partial charge in [0.05, 0.1) is 17.4 Å². The summed E-state index contributed by atoms with van der Waals surface area (Å²) >= 11 is 5.72. The third-order valence-electron chi connectivity index (χ3n) is 5.71. The quantitative estimate of drug-likeness (QED) is 0.412. The maximum absolute atomic E-state index is 14.7. The first-order chi connectivity index (χ1) is 15.5. The Morgan fingerprint density at radius 3 is 2.50 bits per heavy atom. The normalized spacial score (nSPS) is 18.1. The summed E-state index contributed by atoms with van der Waals surface area (Å²) < 4.78 is 30.5. The van der Waals surface area contributed by atoms with Crippen LogP contribution in [0.4, 0.5) is 14.5 Å². The lowest BCUT2D eigenvalue weighted by atomic mass is 10.0. The van der Waals surface area contributed by atoms with E-state index >= 15 is 0 Å². The number of hydrogen-bond acceptors (Lipinski definition) is 2. The molecule has 1 saturated heterocycles. The largest absolute Gasteiger partial charge is 0.351 e. The lowest BCUT2D eigenvalue weighted by Gasteiger charge is -2.29. The van der Waals surface area contributed by atoms with Crippen LogP contribution in [-0.2, 0) is 0 Å². The van der Waals surface area contributed by atoms with Gasteiger partial charge < -0.3 is 14.8 Å². The molecular weight excluding hydrogens is 426 g/mol. The third kappa shape index (κ3) is 3.44. The van der Waals surface area contributed by atoms with Crippen LogP contribution in [0.5, 0.6) is 0 Å². The van der Waals surface area contributed by atoms with E-state index in [9.17, 15) is 8.78 Å². The van der Waals surface area contributed by atoms with Gasteiger partial charge in [0.15, 0.2) is 5.11 Å². The van der Waals surface area contributed by atoms with Gasteiger partial charge in [-0.1, -0.05) is 18.2 Å². The van der Waals surface area contributed by atoms with Gasteiger partial charge in [0.1, 0.15) is 17.7 Å². The highest BCUT2D eigenvalue weighted by atomic mass is 32.1. The van der Waals surface area contributed by atoms with E-state index in [1.165, 1.54) is 12.1 Å². The smallest absolute Gasteiger partial charge is 0.174 e. The molecule has 1 N–H and O–H groups in total. The van der Waals surface area contributed by atoms with Crippen molar-refractivity contribution in [1.82, 2.24) is 14.9 Å². The number of halogens is 2. The van der Waals surface area contributed by atoms with Gasteiger partial charge in [-0.3, -0.25) is 4.98 Å². The first kappa shape index (κ1) is 20.3. The van der Waals surface area contributed by atoms with E-state index in [2.05, 4.69) is 10.3 Å². The molecule has 0 bridgehead atoms. The van der Waals surface area contributed by atoms with E-state index in [0.29, 0.717) is 16.4 Å². The second-order valence-corrected chi connectivity index (χ2v) is 8.07. The molecule has 2 atom stereocenters. The molecule has 4 aromatic rings. The maximum Gasteiger partial charge on any atom is 0.174 e. The van der Waals surface area contributed by atoms with Gasteiger partial charge in [-0.15, -0.1) is 0 Å². The summed E-state index contributed by atoms with van der Waals surface area (Å²) in [6, 6.07) is 20.5. The van der Waals surface area contributed by atoms with Gasteiger partial charge in [-0.25, -0.2) is 8.78 Å². The van der Waals surface area contributed by atoms with Crippen LogP contribution in [0.1, 0.15) is 29.0 Å². The zero-order chi connectivity index (χ0) is 22.2. The van der Waals surface area contributed by atoms with E-state index in [1.54, 1.807) is 43.5 Å². The zero-order valence-electron chi connectivity index (χ0n) is 17.2.